The lowest BCUT2D eigenvalue weighted by Gasteiger charge is -2.26. The van der Waals surface area contributed by atoms with Gasteiger partial charge in [0.15, 0.2) is 0 Å². The van der Waals surface area contributed by atoms with E-state index in [-0.39, 0.29) is 12.0 Å². The third kappa shape index (κ3) is 1.28. The number of carbonyl (C=O) groups excluding carboxylic acids is 1. The van der Waals surface area contributed by atoms with Crippen molar-refractivity contribution in [2.24, 2.45) is 7.05 Å². The van der Waals surface area contributed by atoms with Crippen LogP contribution in [-0.2, 0) is 11.8 Å². The zero-order valence-electron chi connectivity index (χ0n) is 8.72. The topological polar surface area (TPSA) is 34.5 Å². The summed E-state index contributed by atoms with van der Waals surface area (Å²) < 4.78 is 7.35. The molecule has 0 spiro atoms. The lowest BCUT2D eigenvalue weighted by Crippen LogP contribution is -2.42. The van der Waals surface area contributed by atoms with Crippen LogP contribution >= 0.6 is 0 Å². The molecule has 4 nitrogen and oxygen atoms in total. The molecule has 4 heteroatoms. The van der Waals surface area contributed by atoms with Crippen molar-refractivity contribution in [2.75, 3.05) is 13.2 Å². The highest BCUT2D eigenvalue weighted by Crippen LogP contribution is 2.28. The summed E-state index contributed by atoms with van der Waals surface area (Å²) in [5, 5.41) is 0. The Labute approximate surface area is 88.4 Å². The van der Waals surface area contributed by atoms with Gasteiger partial charge in [-0.05, 0) is 18.6 Å². The van der Waals surface area contributed by atoms with Crippen molar-refractivity contribution in [1.82, 2.24) is 9.47 Å². The maximum absolute atomic E-state index is 12.2. The van der Waals surface area contributed by atoms with Crippen LogP contribution in [-0.4, -0.2) is 40.7 Å². The molecule has 1 aromatic heterocycles. The number of aromatic nitrogens is 1. The molecule has 2 aliphatic heterocycles. The number of ether oxygens (including phenoxy) is 1. The van der Waals surface area contributed by atoms with Crippen molar-refractivity contribution in [3.63, 3.8) is 0 Å². The number of hydrogen-bond acceptors (Lipinski definition) is 2. The maximum atomic E-state index is 12.2. The van der Waals surface area contributed by atoms with Crippen LogP contribution in [0.25, 0.3) is 0 Å². The van der Waals surface area contributed by atoms with Crippen LogP contribution in [0.2, 0.25) is 0 Å². The fourth-order valence-corrected chi connectivity index (χ4v) is 2.48. The third-order valence-corrected chi connectivity index (χ3v) is 3.32. The smallest absolute Gasteiger partial charge is 0.270 e. The van der Waals surface area contributed by atoms with Gasteiger partial charge in [-0.3, -0.25) is 4.79 Å². The van der Waals surface area contributed by atoms with E-state index in [1.54, 1.807) is 0 Å². The summed E-state index contributed by atoms with van der Waals surface area (Å²) in [5.74, 6) is 0.137. The summed E-state index contributed by atoms with van der Waals surface area (Å²) in [6, 6.07) is 4.07. The van der Waals surface area contributed by atoms with Crippen LogP contribution in [0.5, 0.6) is 0 Å². The Hall–Kier alpha value is -1.29. The van der Waals surface area contributed by atoms with E-state index < -0.39 is 0 Å². The Kier molecular flexibility index (Phi) is 1.85. The highest BCUT2D eigenvalue weighted by molar-refractivity contribution is 5.93. The van der Waals surface area contributed by atoms with Gasteiger partial charge in [0, 0.05) is 19.8 Å². The minimum absolute atomic E-state index is 0.137. The third-order valence-electron chi connectivity index (χ3n) is 3.32. The van der Waals surface area contributed by atoms with E-state index in [2.05, 4.69) is 0 Å². The van der Waals surface area contributed by atoms with Gasteiger partial charge in [0.25, 0.3) is 5.91 Å². The Balaban J connectivity index is 1.84. The van der Waals surface area contributed by atoms with Crippen molar-refractivity contribution in [3.05, 3.63) is 24.0 Å². The molecule has 0 radical (unpaired) electrons. The van der Waals surface area contributed by atoms with E-state index in [1.807, 2.05) is 34.8 Å². The molecule has 2 saturated heterocycles. The summed E-state index contributed by atoms with van der Waals surface area (Å²) in [5.41, 5.74) is 0.766. The molecule has 0 saturated carbocycles. The monoisotopic (exact) mass is 206 g/mol. The first-order chi connectivity index (χ1) is 7.25. The second kappa shape index (κ2) is 3.10. The molecule has 2 aliphatic rings. The van der Waals surface area contributed by atoms with Gasteiger partial charge in [0.2, 0.25) is 0 Å². The normalized spacial score (nSPS) is 28.7. The summed E-state index contributed by atoms with van der Waals surface area (Å²) in [7, 11) is 1.90. The molecule has 0 unspecified atom stereocenters. The highest BCUT2D eigenvalue weighted by Gasteiger charge is 2.41. The van der Waals surface area contributed by atoms with E-state index in [1.165, 1.54) is 0 Å². The summed E-state index contributed by atoms with van der Waals surface area (Å²) in [6.45, 7) is 1.47. The average molecular weight is 206 g/mol. The van der Waals surface area contributed by atoms with E-state index in [9.17, 15) is 4.79 Å². The molecule has 15 heavy (non-hydrogen) atoms. The molecule has 2 bridgehead atoms. The number of amides is 1. The van der Waals surface area contributed by atoms with Gasteiger partial charge in [-0.15, -0.1) is 0 Å². The van der Waals surface area contributed by atoms with Crippen LogP contribution in [0.1, 0.15) is 16.9 Å². The largest absolute Gasteiger partial charge is 0.374 e. The van der Waals surface area contributed by atoms with Gasteiger partial charge in [-0.25, -0.2) is 0 Å². The first-order valence-corrected chi connectivity index (χ1v) is 5.29. The molecular weight excluding hydrogens is 192 g/mol. The van der Waals surface area contributed by atoms with Crippen molar-refractivity contribution in [3.8, 4) is 0 Å². The zero-order chi connectivity index (χ0) is 10.4. The molecule has 2 fully saturated rings. The summed E-state index contributed by atoms with van der Waals surface area (Å²) in [6.07, 6.45) is 3.19. The van der Waals surface area contributed by atoms with Gasteiger partial charge >= 0.3 is 0 Å². The number of fused-ring (bicyclic) bond motifs is 2. The Morgan fingerprint density at radius 2 is 2.47 bits per heavy atom. The number of aryl methyl sites for hydroxylation is 1. The van der Waals surface area contributed by atoms with Gasteiger partial charge in [0.1, 0.15) is 5.69 Å². The molecule has 0 N–H and O–H groups in total. The molecule has 0 aromatic carbocycles. The van der Waals surface area contributed by atoms with E-state index >= 15 is 0 Å². The lowest BCUT2D eigenvalue weighted by molar-refractivity contribution is 0.0253. The number of likely N-dealkylation sites (tertiary alicyclic amines) is 1. The Morgan fingerprint density at radius 1 is 1.60 bits per heavy atom. The summed E-state index contributed by atoms with van der Waals surface area (Å²) in [4.78, 5) is 14.1. The number of carbonyl (C=O) groups is 1. The van der Waals surface area contributed by atoms with Crippen LogP contribution in [0.15, 0.2) is 18.3 Å². The number of hydrogen-bond donors (Lipinski definition) is 0. The Morgan fingerprint density at radius 3 is 3.00 bits per heavy atom. The van der Waals surface area contributed by atoms with Crippen molar-refractivity contribution < 1.29 is 9.53 Å². The van der Waals surface area contributed by atoms with Gasteiger partial charge in [0.05, 0.1) is 18.8 Å². The zero-order valence-corrected chi connectivity index (χ0v) is 8.72. The van der Waals surface area contributed by atoms with Crippen molar-refractivity contribution in [1.29, 1.82) is 0 Å². The quantitative estimate of drug-likeness (QED) is 0.675. The average Bonchev–Trinajstić information content (AvgIpc) is 2.91. The fraction of sp³-hybridized carbons (Fsp3) is 0.545. The first kappa shape index (κ1) is 8.97. The molecule has 3 rings (SSSR count). The minimum atomic E-state index is 0.137. The molecule has 0 aliphatic carbocycles. The highest BCUT2D eigenvalue weighted by atomic mass is 16.5. The van der Waals surface area contributed by atoms with E-state index in [4.69, 9.17) is 4.74 Å². The van der Waals surface area contributed by atoms with Crippen LogP contribution in [0.3, 0.4) is 0 Å². The number of morpholine rings is 1. The number of rotatable bonds is 1. The summed E-state index contributed by atoms with van der Waals surface area (Å²) >= 11 is 0. The maximum Gasteiger partial charge on any atom is 0.270 e. The van der Waals surface area contributed by atoms with Gasteiger partial charge in [-0.2, -0.15) is 0 Å². The Bertz CT molecular complexity index is 399. The van der Waals surface area contributed by atoms with Gasteiger partial charge in [-0.1, -0.05) is 0 Å². The van der Waals surface area contributed by atoms with Gasteiger partial charge < -0.3 is 14.2 Å². The first-order valence-electron chi connectivity index (χ1n) is 5.29. The second-order valence-electron chi connectivity index (χ2n) is 4.31. The predicted octanol–water partition coefficient (Wildman–Crippen LogP) is 0.638. The SMILES string of the molecule is Cn1cccc1C(=O)N1C[C@H]2C[C@H]1CO2. The van der Waals surface area contributed by atoms with Crippen molar-refractivity contribution >= 4 is 5.91 Å². The molecular formula is C11H14N2O2. The molecule has 80 valence electrons. The molecule has 3 heterocycles. The van der Waals surface area contributed by atoms with Crippen molar-refractivity contribution in [2.45, 2.75) is 18.6 Å². The minimum Gasteiger partial charge on any atom is -0.374 e. The van der Waals surface area contributed by atoms with Crippen LogP contribution in [0, 0.1) is 0 Å². The van der Waals surface area contributed by atoms with E-state index in [0.29, 0.717) is 12.6 Å². The standard InChI is InChI=1S/C11H14N2O2/c1-12-4-2-3-10(12)11(14)13-6-9-5-8(13)7-15-9/h2-4,8-9H,5-7H2,1H3/t8-,9+/m0/s1. The number of nitrogens with zero attached hydrogens (tertiary/aromatic N) is 2. The molecule has 1 amide bonds. The predicted molar refractivity (Wildman–Crippen MR) is 54.6 cm³/mol. The molecule has 1 aromatic rings. The second-order valence-corrected chi connectivity index (χ2v) is 4.31. The fourth-order valence-electron chi connectivity index (χ4n) is 2.48. The molecule has 2 atom stereocenters. The lowest BCUT2D eigenvalue weighted by atomic mass is 10.2. The van der Waals surface area contributed by atoms with Crippen LogP contribution in [0.4, 0.5) is 0 Å². The van der Waals surface area contributed by atoms with Crippen LogP contribution < -0.4 is 0 Å². The van der Waals surface area contributed by atoms with E-state index in [0.717, 1.165) is 18.7 Å².